The number of pyridine rings is 1. The second-order valence-electron chi connectivity index (χ2n) is 7.23. The van der Waals surface area contributed by atoms with Crippen LogP contribution in [0.3, 0.4) is 0 Å². The van der Waals surface area contributed by atoms with Crippen molar-refractivity contribution in [1.29, 1.82) is 0 Å². The largest absolute Gasteiger partial charge is 0.539 e. The zero-order valence-corrected chi connectivity index (χ0v) is 17.9. The highest BCUT2D eigenvalue weighted by atomic mass is 32.1. The molecular formula is C23H13F3N4O3S. The van der Waals surface area contributed by atoms with Crippen molar-refractivity contribution in [1.82, 2.24) is 10.3 Å². The van der Waals surface area contributed by atoms with E-state index in [4.69, 9.17) is 5.73 Å². The number of ketones is 1. The third kappa shape index (κ3) is 3.55. The van der Waals surface area contributed by atoms with Gasteiger partial charge >= 0.3 is 11.9 Å². The summed E-state index contributed by atoms with van der Waals surface area (Å²) in [5.74, 6) is -1.95. The first-order valence-electron chi connectivity index (χ1n) is 9.80. The molecule has 5 rings (SSSR count). The second-order valence-corrected chi connectivity index (χ2v) is 8.23. The Morgan fingerprint density at radius 2 is 1.71 bits per heavy atom. The van der Waals surface area contributed by atoms with E-state index in [2.05, 4.69) is 14.8 Å². The number of alkyl halides is 3. The maximum atomic E-state index is 14.0. The monoisotopic (exact) mass is 482 g/mol. The van der Waals surface area contributed by atoms with Gasteiger partial charge in [-0.05, 0) is 10.7 Å². The van der Waals surface area contributed by atoms with E-state index in [9.17, 15) is 23.1 Å². The highest BCUT2D eigenvalue weighted by Gasteiger charge is 2.38. The summed E-state index contributed by atoms with van der Waals surface area (Å²) in [5.41, 5.74) is 5.05. The number of halogens is 3. The summed E-state index contributed by atoms with van der Waals surface area (Å²) in [4.78, 5) is 17.3. The van der Waals surface area contributed by atoms with Gasteiger partial charge in [-0.15, -0.1) is 11.3 Å². The number of nitrogens with two attached hydrogens (primary N) is 1. The van der Waals surface area contributed by atoms with Crippen molar-refractivity contribution in [3.63, 3.8) is 0 Å². The predicted molar refractivity (Wildman–Crippen MR) is 115 cm³/mol. The third-order valence-corrected chi connectivity index (χ3v) is 6.20. The Kier molecular flexibility index (Phi) is 5.05. The Morgan fingerprint density at radius 1 is 1.06 bits per heavy atom. The molecule has 3 heterocycles. The Hall–Kier alpha value is -4.25. The van der Waals surface area contributed by atoms with Crippen LogP contribution in [0.25, 0.3) is 27.2 Å². The molecule has 3 aromatic heterocycles. The lowest BCUT2D eigenvalue weighted by atomic mass is 10.0. The number of carbonyl (C=O) groups is 1. The molecule has 0 fully saturated rings. The van der Waals surface area contributed by atoms with Gasteiger partial charge in [0.1, 0.15) is 9.71 Å². The van der Waals surface area contributed by atoms with Crippen LogP contribution in [0.15, 0.2) is 71.3 Å². The van der Waals surface area contributed by atoms with E-state index in [0.717, 1.165) is 10.7 Å². The summed E-state index contributed by atoms with van der Waals surface area (Å²) < 4.78 is 47.6. The maximum Gasteiger partial charge on any atom is 0.417 e. The molecule has 0 atom stereocenters. The first kappa shape index (κ1) is 21.6. The molecule has 0 saturated heterocycles. The molecule has 0 unspecified atom stereocenters. The van der Waals surface area contributed by atoms with Crippen LogP contribution in [0, 0.1) is 0 Å². The smallest absolute Gasteiger partial charge is 0.417 e. The fourth-order valence-electron chi connectivity index (χ4n) is 3.56. The van der Waals surface area contributed by atoms with Gasteiger partial charge in [-0.25, -0.2) is 4.98 Å². The summed E-state index contributed by atoms with van der Waals surface area (Å²) in [7, 11) is 0. The molecule has 0 aliphatic heterocycles. The maximum absolute atomic E-state index is 14.0. The summed E-state index contributed by atoms with van der Waals surface area (Å²) in [6.07, 6.45) is -4.76. The molecule has 2 N–H and O–H groups in total. The number of hydrogen-bond donors (Lipinski definition) is 1. The normalized spacial score (nSPS) is 11.7. The predicted octanol–water partition coefficient (Wildman–Crippen LogP) is 4.13. The third-order valence-electron chi connectivity index (χ3n) is 5.11. The number of nitrogens with zero attached hydrogens (tertiary/aromatic N) is 3. The minimum Gasteiger partial charge on any atom is -0.539 e. The quantitative estimate of drug-likeness (QED) is 0.305. The number of thiophene rings is 1. The minimum atomic E-state index is -4.76. The van der Waals surface area contributed by atoms with Crippen LogP contribution in [0.5, 0.6) is 5.95 Å². The Morgan fingerprint density at radius 3 is 2.35 bits per heavy atom. The molecule has 0 aliphatic rings. The molecule has 0 aliphatic carbocycles. The van der Waals surface area contributed by atoms with Gasteiger partial charge in [-0.2, -0.15) is 13.2 Å². The van der Waals surface area contributed by atoms with Crippen molar-refractivity contribution in [3.05, 3.63) is 82.9 Å². The van der Waals surface area contributed by atoms with Gasteiger partial charge in [0.25, 0.3) is 5.78 Å². The number of nitrogen functional groups attached to an aromatic ring is 1. The zero-order chi connectivity index (χ0) is 24.0. The molecule has 2 aromatic carbocycles. The number of rotatable bonds is 4. The Balaban J connectivity index is 1.72. The van der Waals surface area contributed by atoms with Gasteiger partial charge in [0.15, 0.2) is 5.95 Å². The zero-order valence-electron chi connectivity index (χ0n) is 17.0. The van der Waals surface area contributed by atoms with Crippen molar-refractivity contribution in [2.45, 2.75) is 6.18 Å². The first-order chi connectivity index (χ1) is 16.3. The lowest BCUT2D eigenvalue weighted by molar-refractivity contribution is -0.672. The SMILES string of the molecule is Nc1c(C(=O)c2c([O-])on[n+]2-c2ccccc2)sc2nc(-c3ccccc3)cc(C(F)(F)F)c12. The van der Waals surface area contributed by atoms with Crippen molar-refractivity contribution in [2.24, 2.45) is 0 Å². The number of anilines is 1. The summed E-state index contributed by atoms with van der Waals surface area (Å²) in [6.45, 7) is 0. The van der Waals surface area contributed by atoms with E-state index < -0.39 is 40.2 Å². The molecule has 0 saturated carbocycles. The van der Waals surface area contributed by atoms with Crippen molar-refractivity contribution in [3.8, 4) is 22.9 Å². The number of fused-ring (bicyclic) bond motifs is 1. The molecule has 5 aromatic rings. The first-order valence-corrected chi connectivity index (χ1v) is 10.6. The van der Waals surface area contributed by atoms with Crippen LogP contribution < -0.4 is 15.5 Å². The van der Waals surface area contributed by atoms with E-state index >= 15 is 0 Å². The van der Waals surface area contributed by atoms with Gasteiger partial charge in [-0.3, -0.25) is 4.79 Å². The lowest BCUT2D eigenvalue weighted by Gasteiger charge is -2.11. The number of benzene rings is 2. The number of hydrogen-bond acceptors (Lipinski definition) is 7. The lowest BCUT2D eigenvalue weighted by Crippen LogP contribution is -2.39. The molecular weight excluding hydrogens is 469 g/mol. The number of aromatic nitrogens is 3. The molecule has 0 spiro atoms. The van der Waals surface area contributed by atoms with Crippen LogP contribution in [0.1, 0.15) is 20.9 Å². The van der Waals surface area contributed by atoms with Gasteiger partial charge in [-0.1, -0.05) is 48.5 Å². The Bertz CT molecular complexity index is 1530. The van der Waals surface area contributed by atoms with E-state index in [0.29, 0.717) is 22.6 Å². The fourth-order valence-corrected chi connectivity index (χ4v) is 4.62. The van der Waals surface area contributed by atoms with E-state index in [1.165, 1.54) is 0 Å². The van der Waals surface area contributed by atoms with E-state index in [1.54, 1.807) is 60.7 Å². The summed E-state index contributed by atoms with van der Waals surface area (Å²) in [6, 6.07) is 17.5. The highest BCUT2D eigenvalue weighted by molar-refractivity contribution is 7.21. The van der Waals surface area contributed by atoms with E-state index in [-0.39, 0.29) is 15.4 Å². The van der Waals surface area contributed by atoms with Crippen molar-refractivity contribution >= 4 is 33.0 Å². The van der Waals surface area contributed by atoms with Crippen molar-refractivity contribution in [2.75, 3.05) is 5.73 Å². The molecule has 11 heteroatoms. The van der Waals surface area contributed by atoms with Gasteiger partial charge in [0, 0.05) is 23.1 Å². The number of para-hydroxylation sites is 1. The topological polar surface area (TPSA) is 109 Å². The second kappa shape index (κ2) is 7.96. The van der Waals surface area contributed by atoms with Crippen molar-refractivity contribution < 1.29 is 32.3 Å². The van der Waals surface area contributed by atoms with Crippen LogP contribution >= 0.6 is 11.3 Å². The summed E-state index contributed by atoms with van der Waals surface area (Å²) in [5, 5.41) is 15.5. The Labute approximate surface area is 193 Å². The number of carbonyl (C=O) groups excluding carboxylic acids is 1. The fraction of sp³-hybridized carbons (Fsp3) is 0.0435. The van der Waals surface area contributed by atoms with Gasteiger partial charge in [0.2, 0.25) is 5.69 Å². The average Bonchev–Trinajstić information content (AvgIpc) is 3.38. The molecule has 0 amide bonds. The molecule has 0 bridgehead atoms. The minimum absolute atomic E-state index is 0.0783. The standard InChI is InChI=1S/C23H13F3N4O3S/c24-23(25,26)14-11-15(12-7-3-1-4-8-12)28-21-16(14)17(27)20(34-21)19(31)18-22(32)33-29-30(18)13-9-5-2-6-10-13/h1-11H,(H2-,27,29,31,32). The highest BCUT2D eigenvalue weighted by Crippen LogP contribution is 2.44. The van der Waals surface area contributed by atoms with Gasteiger partial charge < -0.3 is 15.4 Å². The molecule has 7 nitrogen and oxygen atoms in total. The van der Waals surface area contributed by atoms with Crippen LogP contribution in [-0.4, -0.2) is 16.0 Å². The average molecular weight is 482 g/mol. The van der Waals surface area contributed by atoms with Gasteiger partial charge in [0.05, 0.1) is 22.2 Å². The molecule has 170 valence electrons. The van der Waals surface area contributed by atoms with E-state index in [1.807, 2.05) is 0 Å². The molecule has 0 radical (unpaired) electrons. The summed E-state index contributed by atoms with van der Waals surface area (Å²) >= 11 is 0.675. The molecule has 34 heavy (non-hydrogen) atoms. The van der Waals surface area contributed by atoms with Crippen LogP contribution in [0.2, 0.25) is 0 Å². The van der Waals surface area contributed by atoms with Crippen LogP contribution in [0.4, 0.5) is 18.9 Å². The van der Waals surface area contributed by atoms with Crippen LogP contribution in [-0.2, 0) is 6.18 Å².